The van der Waals surface area contributed by atoms with Gasteiger partial charge in [0.2, 0.25) is 15.9 Å². The minimum absolute atomic E-state index is 0.189. The molecule has 1 heterocycles. The van der Waals surface area contributed by atoms with E-state index in [0.717, 1.165) is 17.4 Å². The van der Waals surface area contributed by atoms with Gasteiger partial charge in [-0.15, -0.1) is 0 Å². The molecular weight excluding hydrogens is 316 g/mol. The van der Waals surface area contributed by atoms with E-state index >= 15 is 0 Å². The van der Waals surface area contributed by atoms with Gasteiger partial charge in [0.05, 0.1) is 18.9 Å². The number of rotatable bonds is 6. The van der Waals surface area contributed by atoms with E-state index in [4.69, 9.17) is 0 Å². The molecule has 0 aromatic heterocycles. The molecule has 6 nitrogen and oxygen atoms in total. The van der Waals surface area contributed by atoms with Crippen LogP contribution in [0, 0.1) is 6.92 Å². The zero-order valence-corrected chi connectivity index (χ0v) is 14.3. The number of carbonyl (C=O) groups excluding carboxylic acids is 1. The van der Waals surface area contributed by atoms with Gasteiger partial charge in [0.1, 0.15) is 6.04 Å². The van der Waals surface area contributed by atoms with Crippen LogP contribution in [0.15, 0.2) is 24.3 Å². The van der Waals surface area contributed by atoms with Gasteiger partial charge in [-0.2, -0.15) is 4.31 Å². The third-order valence-corrected chi connectivity index (χ3v) is 5.35. The molecule has 7 heteroatoms. The first kappa shape index (κ1) is 17.9. The van der Waals surface area contributed by atoms with E-state index in [2.05, 4.69) is 5.32 Å². The van der Waals surface area contributed by atoms with Crippen molar-refractivity contribution in [1.29, 1.82) is 0 Å². The summed E-state index contributed by atoms with van der Waals surface area (Å²) in [5, 5.41) is 12.3. The molecule has 1 saturated heterocycles. The number of hydrogen-bond acceptors (Lipinski definition) is 4. The molecule has 1 aliphatic rings. The monoisotopic (exact) mass is 340 g/mol. The van der Waals surface area contributed by atoms with Crippen molar-refractivity contribution >= 4 is 15.9 Å². The Labute approximate surface area is 137 Å². The van der Waals surface area contributed by atoms with Crippen molar-refractivity contribution in [2.24, 2.45) is 0 Å². The van der Waals surface area contributed by atoms with Crippen LogP contribution in [0.4, 0.5) is 0 Å². The summed E-state index contributed by atoms with van der Waals surface area (Å²) in [4.78, 5) is 12.4. The highest BCUT2D eigenvalue weighted by Gasteiger charge is 2.36. The van der Waals surface area contributed by atoms with Crippen LogP contribution in [0.2, 0.25) is 0 Å². The second-order valence-electron chi connectivity index (χ2n) is 6.11. The second-order valence-corrected chi connectivity index (χ2v) is 8.05. The topological polar surface area (TPSA) is 86.7 Å². The molecule has 0 saturated carbocycles. The molecule has 2 atom stereocenters. The van der Waals surface area contributed by atoms with Crippen LogP contribution in [0.3, 0.4) is 0 Å². The first-order valence-electron chi connectivity index (χ1n) is 7.75. The van der Waals surface area contributed by atoms with Crippen LogP contribution in [-0.4, -0.2) is 55.2 Å². The molecule has 1 fully saturated rings. The van der Waals surface area contributed by atoms with Gasteiger partial charge in [-0.3, -0.25) is 4.79 Å². The minimum atomic E-state index is -3.39. The van der Waals surface area contributed by atoms with Gasteiger partial charge >= 0.3 is 0 Å². The predicted molar refractivity (Wildman–Crippen MR) is 88.5 cm³/mol. The Kier molecular flexibility index (Phi) is 5.78. The van der Waals surface area contributed by atoms with Gasteiger partial charge in [0, 0.05) is 6.54 Å². The Morgan fingerprint density at radius 1 is 1.48 bits per heavy atom. The summed E-state index contributed by atoms with van der Waals surface area (Å²) in [6.45, 7) is 2.17. The lowest BCUT2D eigenvalue weighted by Gasteiger charge is -2.24. The van der Waals surface area contributed by atoms with Gasteiger partial charge in [0.25, 0.3) is 0 Å². The van der Waals surface area contributed by atoms with Crippen molar-refractivity contribution in [2.45, 2.75) is 38.3 Å². The Balaban J connectivity index is 2.02. The first-order valence-corrected chi connectivity index (χ1v) is 9.59. The van der Waals surface area contributed by atoms with E-state index in [0.29, 0.717) is 25.8 Å². The molecule has 2 N–H and O–H groups in total. The summed E-state index contributed by atoms with van der Waals surface area (Å²) in [7, 11) is -3.39. The average molecular weight is 340 g/mol. The number of carbonyl (C=O) groups is 1. The Morgan fingerprint density at radius 3 is 2.83 bits per heavy atom. The van der Waals surface area contributed by atoms with Crippen LogP contribution in [0.5, 0.6) is 0 Å². The molecule has 2 unspecified atom stereocenters. The number of benzene rings is 1. The first-order chi connectivity index (χ1) is 10.8. The van der Waals surface area contributed by atoms with Crippen LogP contribution in [0.25, 0.3) is 0 Å². The molecule has 0 radical (unpaired) electrons. The lowest BCUT2D eigenvalue weighted by molar-refractivity contribution is -0.125. The van der Waals surface area contributed by atoms with Crippen LogP contribution >= 0.6 is 0 Å². The SMILES string of the molecule is Cc1cccc(CC(CO)NC(=O)C2CCCN2S(C)(=O)=O)c1. The van der Waals surface area contributed by atoms with E-state index in [-0.39, 0.29) is 12.5 Å². The number of nitrogens with one attached hydrogen (secondary N) is 1. The molecule has 0 spiro atoms. The molecule has 23 heavy (non-hydrogen) atoms. The molecular formula is C16H24N2O4S. The van der Waals surface area contributed by atoms with Gasteiger partial charge in [0.15, 0.2) is 0 Å². The molecule has 1 amide bonds. The zero-order chi connectivity index (χ0) is 17.0. The largest absolute Gasteiger partial charge is 0.394 e. The Morgan fingerprint density at radius 2 is 2.22 bits per heavy atom. The number of aliphatic hydroxyl groups is 1. The third-order valence-electron chi connectivity index (χ3n) is 4.06. The van der Waals surface area contributed by atoms with Crippen LogP contribution < -0.4 is 5.32 Å². The summed E-state index contributed by atoms with van der Waals surface area (Å²) in [5.41, 5.74) is 2.14. The van der Waals surface area contributed by atoms with E-state index in [1.54, 1.807) is 0 Å². The van der Waals surface area contributed by atoms with E-state index < -0.39 is 22.1 Å². The third kappa shape index (κ3) is 4.76. The van der Waals surface area contributed by atoms with Crippen LogP contribution in [-0.2, 0) is 21.2 Å². The lowest BCUT2D eigenvalue weighted by Crippen LogP contribution is -2.50. The van der Waals surface area contributed by atoms with Crippen molar-refractivity contribution in [3.8, 4) is 0 Å². The highest BCUT2D eigenvalue weighted by atomic mass is 32.2. The zero-order valence-electron chi connectivity index (χ0n) is 13.5. The van der Waals surface area contributed by atoms with Gasteiger partial charge in [-0.25, -0.2) is 8.42 Å². The minimum Gasteiger partial charge on any atom is -0.394 e. The second kappa shape index (κ2) is 7.42. The quantitative estimate of drug-likeness (QED) is 0.787. The highest BCUT2D eigenvalue weighted by molar-refractivity contribution is 7.88. The summed E-state index contributed by atoms with van der Waals surface area (Å²) in [6, 6.07) is 6.78. The van der Waals surface area contributed by atoms with Gasteiger partial charge in [-0.1, -0.05) is 29.8 Å². The van der Waals surface area contributed by atoms with Crippen molar-refractivity contribution in [2.75, 3.05) is 19.4 Å². The highest BCUT2D eigenvalue weighted by Crippen LogP contribution is 2.20. The Hall–Kier alpha value is -1.44. The smallest absolute Gasteiger partial charge is 0.238 e. The molecule has 1 aromatic carbocycles. The van der Waals surface area contributed by atoms with Crippen molar-refractivity contribution in [1.82, 2.24) is 9.62 Å². The number of amides is 1. The molecule has 0 bridgehead atoms. The number of aryl methyl sites for hydroxylation is 1. The molecule has 1 aliphatic heterocycles. The standard InChI is InChI=1S/C16H24N2O4S/c1-12-5-3-6-13(9-12)10-14(11-19)17-16(20)15-7-4-8-18(15)23(2,21)22/h3,5-6,9,14-15,19H,4,7-8,10-11H2,1-2H3,(H,17,20). The Bertz CT molecular complexity index is 660. The predicted octanol–water partition coefficient (Wildman–Crippen LogP) is 0.439. The fourth-order valence-corrected chi connectivity index (χ4v) is 4.11. The van der Waals surface area contributed by atoms with Crippen LogP contribution in [0.1, 0.15) is 24.0 Å². The maximum atomic E-state index is 12.4. The normalized spacial score (nSPS) is 20.4. The van der Waals surface area contributed by atoms with Crippen molar-refractivity contribution < 1.29 is 18.3 Å². The number of sulfonamides is 1. The summed E-state index contributed by atoms with van der Waals surface area (Å²) in [5.74, 6) is -0.334. The molecule has 0 aliphatic carbocycles. The van der Waals surface area contributed by atoms with Crippen molar-refractivity contribution in [3.63, 3.8) is 0 Å². The van der Waals surface area contributed by atoms with E-state index in [1.165, 1.54) is 4.31 Å². The maximum Gasteiger partial charge on any atom is 0.238 e. The van der Waals surface area contributed by atoms with Gasteiger partial charge < -0.3 is 10.4 Å². The van der Waals surface area contributed by atoms with Crippen molar-refractivity contribution in [3.05, 3.63) is 35.4 Å². The fraction of sp³-hybridized carbons (Fsp3) is 0.562. The fourth-order valence-electron chi connectivity index (χ4n) is 2.98. The molecule has 1 aromatic rings. The number of hydrogen-bond donors (Lipinski definition) is 2. The summed E-state index contributed by atoms with van der Waals surface area (Å²) >= 11 is 0. The van der Waals surface area contributed by atoms with E-state index in [1.807, 2.05) is 31.2 Å². The average Bonchev–Trinajstić information content (AvgIpc) is 2.96. The van der Waals surface area contributed by atoms with Gasteiger partial charge in [-0.05, 0) is 31.7 Å². The summed E-state index contributed by atoms with van der Waals surface area (Å²) in [6.07, 6.45) is 2.82. The van der Waals surface area contributed by atoms with E-state index in [9.17, 15) is 18.3 Å². The number of nitrogens with zero attached hydrogens (tertiary/aromatic N) is 1. The molecule has 2 rings (SSSR count). The number of aliphatic hydroxyl groups excluding tert-OH is 1. The maximum absolute atomic E-state index is 12.4. The summed E-state index contributed by atoms with van der Waals surface area (Å²) < 4.78 is 24.7. The molecule has 128 valence electrons. The lowest BCUT2D eigenvalue weighted by atomic mass is 10.0.